The van der Waals surface area contributed by atoms with Crippen LogP contribution >= 0.6 is 0 Å². The minimum absolute atomic E-state index is 0.207. The minimum atomic E-state index is -0.763. The van der Waals surface area contributed by atoms with Crippen molar-refractivity contribution in [3.05, 3.63) is 96.1 Å². The van der Waals surface area contributed by atoms with Gasteiger partial charge in [0.05, 0.1) is 13.5 Å². The predicted molar refractivity (Wildman–Crippen MR) is 119 cm³/mol. The van der Waals surface area contributed by atoms with Crippen molar-refractivity contribution in [1.29, 1.82) is 0 Å². The molecule has 4 heteroatoms. The van der Waals surface area contributed by atoms with Crippen LogP contribution in [0.2, 0.25) is 0 Å². The van der Waals surface area contributed by atoms with Gasteiger partial charge in [0, 0.05) is 6.42 Å². The van der Waals surface area contributed by atoms with Crippen molar-refractivity contribution >= 4 is 33.4 Å². The fourth-order valence-corrected chi connectivity index (χ4v) is 3.89. The Balaban J connectivity index is 1.68. The molecule has 0 aliphatic carbocycles. The summed E-state index contributed by atoms with van der Waals surface area (Å²) in [5, 5.41) is 7.23. The van der Waals surface area contributed by atoms with Gasteiger partial charge in [0.2, 0.25) is 5.91 Å². The van der Waals surface area contributed by atoms with Gasteiger partial charge >= 0.3 is 5.97 Å². The van der Waals surface area contributed by atoms with E-state index in [1.165, 1.54) is 7.11 Å². The number of hydrogen-bond donors (Lipinski definition) is 1. The first kappa shape index (κ1) is 19.6. The van der Waals surface area contributed by atoms with Crippen molar-refractivity contribution in [2.45, 2.75) is 18.9 Å². The zero-order valence-corrected chi connectivity index (χ0v) is 16.8. The standard InChI is InChI=1S/C26H23NO3/c1-30-26(29)24(27-25(28)15-18-9-3-2-4-10-18)17-23-21-13-7-5-11-19(21)16-20-12-6-8-14-22(20)23/h2-14,16,24H,15,17H2,1H3,(H,27,28)/t24-/m1/s1. The molecule has 0 fully saturated rings. The monoisotopic (exact) mass is 397 g/mol. The lowest BCUT2D eigenvalue weighted by Crippen LogP contribution is -2.43. The van der Waals surface area contributed by atoms with E-state index in [1.54, 1.807) is 0 Å². The Kier molecular flexibility index (Phi) is 5.75. The van der Waals surface area contributed by atoms with Crippen LogP contribution in [0.5, 0.6) is 0 Å². The van der Waals surface area contributed by atoms with E-state index < -0.39 is 12.0 Å². The fourth-order valence-electron chi connectivity index (χ4n) is 3.89. The summed E-state index contributed by atoms with van der Waals surface area (Å²) in [6.07, 6.45) is 0.569. The van der Waals surface area contributed by atoms with Gasteiger partial charge in [0.25, 0.3) is 0 Å². The molecule has 0 aromatic heterocycles. The molecule has 4 nitrogen and oxygen atoms in total. The molecule has 4 rings (SSSR count). The van der Waals surface area contributed by atoms with Crippen molar-refractivity contribution in [3.63, 3.8) is 0 Å². The van der Waals surface area contributed by atoms with Crippen LogP contribution in [-0.2, 0) is 27.2 Å². The fraction of sp³-hybridized carbons (Fsp3) is 0.154. The quantitative estimate of drug-likeness (QED) is 0.387. The van der Waals surface area contributed by atoms with E-state index in [9.17, 15) is 9.59 Å². The highest BCUT2D eigenvalue weighted by atomic mass is 16.5. The molecule has 4 aromatic rings. The predicted octanol–water partition coefficient (Wildman–Crippen LogP) is 4.44. The average molecular weight is 397 g/mol. The molecule has 4 aromatic carbocycles. The van der Waals surface area contributed by atoms with E-state index in [2.05, 4.69) is 35.6 Å². The Morgan fingerprint density at radius 1 is 0.833 bits per heavy atom. The molecule has 150 valence electrons. The molecule has 0 saturated heterocycles. The molecule has 0 unspecified atom stereocenters. The maximum Gasteiger partial charge on any atom is 0.328 e. The number of methoxy groups -OCH3 is 1. The van der Waals surface area contributed by atoms with Crippen molar-refractivity contribution < 1.29 is 14.3 Å². The third-order valence-corrected chi connectivity index (χ3v) is 5.32. The summed E-state index contributed by atoms with van der Waals surface area (Å²) in [6, 6.07) is 27.1. The largest absolute Gasteiger partial charge is 0.467 e. The highest BCUT2D eigenvalue weighted by Gasteiger charge is 2.24. The molecule has 0 heterocycles. The summed E-state index contributed by atoms with van der Waals surface area (Å²) in [7, 11) is 1.35. The number of ether oxygens (including phenoxy) is 1. The van der Waals surface area contributed by atoms with Gasteiger partial charge in [-0.2, -0.15) is 0 Å². The summed E-state index contributed by atoms with van der Waals surface area (Å²) in [4.78, 5) is 25.2. The number of hydrogen-bond acceptors (Lipinski definition) is 3. The average Bonchev–Trinajstić information content (AvgIpc) is 2.78. The first-order chi connectivity index (χ1) is 14.7. The maximum absolute atomic E-state index is 12.6. The second-order valence-electron chi connectivity index (χ2n) is 7.31. The molecule has 0 spiro atoms. The number of carbonyl (C=O) groups excluding carboxylic acids is 2. The van der Waals surface area contributed by atoms with E-state index in [1.807, 2.05) is 54.6 Å². The number of carbonyl (C=O) groups is 2. The number of esters is 1. The normalized spacial score (nSPS) is 11.9. The van der Waals surface area contributed by atoms with Crippen LogP contribution in [0.25, 0.3) is 21.5 Å². The Bertz CT molecular complexity index is 1150. The third kappa shape index (κ3) is 4.18. The van der Waals surface area contributed by atoms with Crippen LogP contribution in [-0.4, -0.2) is 25.0 Å². The molecule has 0 saturated carbocycles. The molecule has 0 radical (unpaired) electrons. The lowest BCUT2D eigenvalue weighted by atomic mass is 9.92. The topological polar surface area (TPSA) is 55.4 Å². The number of amides is 1. The highest BCUT2D eigenvalue weighted by Crippen LogP contribution is 2.29. The summed E-state index contributed by atoms with van der Waals surface area (Å²) in [5.41, 5.74) is 1.92. The van der Waals surface area contributed by atoms with E-state index in [0.717, 1.165) is 32.7 Å². The van der Waals surface area contributed by atoms with E-state index in [0.29, 0.717) is 6.42 Å². The Morgan fingerprint density at radius 3 is 2.00 bits per heavy atom. The molecule has 0 bridgehead atoms. The highest BCUT2D eigenvalue weighted by molar-refractivity contribution is 6.02. The van der Waals surface area contributed by atoms with Crippen LogP contribution in [0.1, 0.15) is 11.1 Å². The lowest BCUT2D eigenvalue weighted by Gasteiger charge is -2.19. The zero-order valence-electron chi connectivity index (χ0n) is 16.8. The molecular weight excluding hydrogens is 374 g/mol. The van der Waals surface area contributed by atoms with E-state index in [4.69, 9.17) is 4.74 Å². The number of rotatable bonds is 6. The number of nitrogens with one attached hydrogen (secondary N) is 1. The van der Waals surface area contributed by atoms with Crippen LogP contribution in [0.3, 0.4) is 0 Å². The zero-order chi connectivity index (χ0) is 20.9. The van der Waals surface area contributed by atoms with Crippen LogP contribution in [0.4, 0.5) is 0 Å². The van der Waals surface area contributed by atoms with Gasteiger partial charge in [0.1, 0.15) is 6.04 Å². The Labute approximate surface area is 175 Å². The molecule has 1 amide bonds. The first-order valence-electron chi connectivity index (χ1n) is 9.96. The van der Waals surface area contributed by atoms with Gasteiger partial charge in [-0.1, -0.05) is 78.9 Å². The van der Waals surface area contributed by atoms with Crippen molar-refractivity contribution in [2.75, 3.05) is 7.11 Å². The number of benzene rings is 4. The molecular formula is C26H23NO3. The van der Waals surface area contributed by atoms with E-state index >= 15 is 0 Å². The first-order valence-corrected chi connectivity index (χ1v) is 9.96. The molecule has 0 aliphatic rings. The smallest absolute Gasteiger partial charge is 0.328 e. The summed E-state index contributed by atoms with van der Waals surface area (Å²) >= 11 is 0. The van der Waals surface area contributed by atoms with Gasteiger partial charge in [-0.15, -0.1) is 0 Å². The van der Waals surface area contributed by atoms with Gasteiger partial charge in [0.15, 0.2) is 0 Å². The molecule has 1 atom stereocenters. The Hall–Kier alpha value is -3.66. The van der Waals surface area contributed by atoms with Gasteiger partial charge in [-0.05, 0) is 38.7 Å². The SMILES string of the molecule is COC(=O)[C@@H](Cc1c2ccccc2cc2ccccc12)NC(=O)Cc1ccccc1. The van der Waals surface area contributed by atoms with Crippen molar-refractivity contribution in [1.82, 2.24) is 5.32 Å². The summed E-state index contributed by atoms with van der Waals surface area (Å²) in [6.45, 7) is 0. The van der Waals surface area contributed by atoms with Crippen molar-refractivity contribution in [3.8, 4) is 0 Å². The third-order valence-electron chi connectivity index (χ3n) is 5.32. The Morgan fingerprint density at radius 2 is 1.40 bits per heavy atom. The lowest BCUT2D eigenvalue weighted by molar-refractivity contribution is -0.145. The number of fused-ring (bicyclic) bond motifs is 2. The van der Waals surface area contributed by atoms with Gasteiger partial charge in [-0.25, -0.2) is 4.79 Å². The summed E-state index contributed by atoms with van der Waals surface area (Å²) in [5.74, 6) is -0.658. The molecule has 1 N–H and O–H groups in total. The van der Waals surface area contributed by atoms with Crippen molar-refractivity contribution in [2.24, 2.45) is 0 Å². The van der Waals surface area contributed by atoms with E-state index in [-0.39, 0.29) is 12.3 Å². The molecule has 30 heavy (non-hydrogen) atoms. The minimum Gasteiger partial charge on any atom is -0.467 e. The van der Waals surface area contributed by atoms with Gasteiger partial charge in [-0.3, -0.25) is 4.79 Å². The second-order valence-corrected chi connectivity index (χ2v) is 7.31. The maximum atomic E-state index is 12.6. The second kappa shape index (κ2) is 8.78. The van der Waals surface area contributed by atoms with Crippen LogP contribution in [0.15, 0.2) is 84.9 Å². The summed E-state index contributed by atoms with van der Waals surface area (Å²) < 4.78 is 5.01. The van der Waals surface area contributed by atoms with Crippen LogP contribution in [0, 0.1) is 0 Å². The molecule has 0 aliphatic heterocycles. The van der Waals surface area contributed by atoms with Crippen LogP contribution < -0.4 is 5.32 Å². The van der Waals surface area contributed by atoms with Gasteiger partial charge < -0.3 is 10.1 Å².